The lowest BCUT2D eigenvalue weighted by atomic mass is 9.74. The summed E-state index contributed by atoms with van der Waals surface area (Å²) in [4.78, 5) is 52.4. The lowest BCUT2D eigenvalue weighted by Crippen LogP contribution is -2.26. The maximum absolute atomic E-state index is 13.9. The van der Waals surface area contributed by atoms with E-state index < -0.39 is 0 Å². The van der Waals surface area contributed by atoms with Crippen molar-refractivity contribution in [3.05, 3.63) is 69.8 Å². The van der Waals surface area contributed by atoms with Gasteiger partial charge in [-0.2, -0.15) is 0 Å². The summed E-state index contributed by atoms with van der Waals surface area (Å²) in [6.45, 7) is 8.48. The molecular formula is C40H52O6. The van der Waals surface area contributed by atoms with Gasteiger partial charge in [-0.15, -0.1) is 0 Å². The zero-order valence-electron chi connectivity index (χ0n) is 28.4. The van der Waals surface area contributed by atoms with Crippen molar-refractivity contribution < 1.29 is 28.7 Å². The lowest BCUT2D eigenvalue weighted by molar-refractivity contribution is -0.151. The van der Waals surface area contributed by atoms with E-state index in [1.54, 1.807) is 12.1 Å². The molecule has 46 heavy (non-hydrogen) atoms. The molecule has 0 atom stereocenters. The zero-order valence-corrected chi connectivity index (χ0v) is 28.4. The van der Waals surface area contributed by atoms with E-state index in [0.29, 0.717) is 47.9 Å². The van der Waals surface area contributed by atoms with Gasteiger partial charge in [0.25, 0.3) is 0 Å². The minimum atomic E-state index is -0.286. The Bertz CT molecular complexity index is 1330. The molecule has 248 valence electrons. The van der Waals surface area contributed by atoms with E-state index in [9.17, 15) is 19.2 Å². The van der Waals surface area contributed by atoms with Crippen LogP contribution in [0.2, 0.25) is 0 Å². The van der Waals surface area contributed by atoms with Crippen molar-refractivity contribution in [2.24, 2.45) is 0 Å². The molecule has 5 rings (SSSR count). The molecule has 0 radical (unpaired) electrons. The first-order valence-corrected chi connectivity index (χ1v) is 17.7. The average molecular weight is 629 g/mol. The zero-order chi connectivity index (χ0) is 32.9. The molecule has 3 aliphatic carbocycles. The summed E-state index contributed by atoms with van der Waals surface area (Å²) < 4.78 is 11.4. The summed E-state index contributed by atoms with van der Waals surface area (Å²) in [5, 5.41) is 0. The van der Waals surface area contributed by atoms with Crippen LogP contribution in [0.5, 0.6) is 0 Å². The third-order valence-electron chi connectivity index (χ3n) is 10.6. The van der Waals surface area contributed by atoms with Crippen LogP contribution in [0.4, 0.5) is 0 Å². The normalized spacial score (nSPS) is 17.7. The highest BCUT2D eigenvalue weighted by molar-refractivity contribution is 6.28. The quantitative estimate of drug-likeness (QED) is 0.186. The van der Waals surface area contributed by atoms with E-state index in [1.807, 2.05) is 24.3 Å². The predicted molar refractivity (Wildman–Crippen MR) is 179 cm³/mol. The standard InChI is InChI=1S/C40H52O6/c1-39(2,23-11-17-35(41)45-29-13-7-5-8-14-29)27-19-21-31-33(25-27)38(44)34-26-28(20-22-32(34)37(31)43)40(3,4)24-12-18-36(42)46-30-15-9-6-10-16-30/h19-22,25-26,29-30H,5-18,23-24H2,1-4H3. The van der Waals surface area contributed by atoms with E-state index in [1.165, 1.54) is 12.8 Å². The fourth-order valence-electron chi connectivity index (χ4n) is 7.49. The number of ketones is 2. The second-order valence-electron chi connectivity index (χ2n) is 15.2. The maximum atomic E-state index is 13.9. The van der Waals surface area contributed by atoms with E-state index >= 15 is 0 Å². The third-order valence-corrected chi connectivity index (χ3v) is 10.6. The van der Waals surface area contributed by atoms with Crippen molar-refractivity contribution in [1.82, 2.24) is 0 Å². The minimum Gasteiger partial charge on any atom is -0.462 e. The van der Waals surface area contributed by atoms with Gasteiger partial charge in [-0.1, -0.05) is 52.7 Å². The van der Waals surface area contributed by atoms with Crippen LogP contribution in [-0.2, 0) is 29.9 Å². The molecule has 6 heteroatoms. The maximum Gasteiger partial charge on any atom is 0.306 e. The Balaban J connectivity index is 1.21. The van der Waals surface area contributed by atoms with Crippen molar-refractivity contribution in [1.29, 1.82) is 0 Å². The third kappa shape index (κ3) is 8.16. The first-order chi connectivity index (χ1) is 21.9. The Labute approximate surface area is 275 Å². The summed E-state index contributed by atoms with van der Waals surface area (Å²) in [6.07, 6.45) is 14.7. The Morgan fingerprint density at radius 3 is 1.35 bits per heavy atom. The molecule has 0 aliphatic heterocycles. The summed E-state index contributed by atoms with van der Waals surface area (Å²) in [6, 6.07) is 11.2. The minimum absolute atomic E-state index is 0.0715. The molecule has 0 heterocycles. The average Bonchev–Trinajstić information content (AvgIpc) is 3.04. The largest absolute Gasteiger partial charge is 0.462 e. The van der Waals surface area contributed by atoms with Crippen LogP contribution in [0.3, 0.4) is 0 Å². The van der Waals surface area contributed by atoms with Gasteiger partial charge in [0, 0.05) is 35.1 Å². The Hall–Kier alpha value is -3.28. The van der Waals surface area contributed by atoms with Crippen LogP contribution in [0.15, 0.2) is 36.4 Å². The van der Waals surface area contributed by atoms with Crippen molar-refractivity contribution in [3.63, 3.8) is 0 Å². The lowest BCUT2D eigenvalue weighted by Gasteiger charge is -2.29. The molecule has 0 bridgehead atoms. The number of hydrogen-bond acceptors (Lipinski definition) is 6. The first kappa shape index (κ1) is 34.1. The Morgan fingerprint density at radius 1 is 0.587 bits per heavy atom. The van der Waals surface area contributed by atoms with Crippen LogP contribution in [0.1, 0.15) is 173 Å². The Kier molecular flexibility index (Phi) is 10.8. The van der Waals surface area contributed by atoms with E-state index in [0.717, 1.165) is 75.3 Å². The fraction of sp³-hybridized carbons (Fsp3) is 0.600. The van der Waals surface area contributed by atoms with Gasteiger partial charge in [0.2, 0.25) is 0 Å². The number of rotatable bonds is 12. The molecule has 0 unspecified atom stereocenters. The van der Waals surface area contributed by atoms with Crippen molar-refractivity contribution in [2.45, 2.75) is 153 Å². The van der Waals surface area contributed by atoms with E-state index in [2.05, 4.69) is 27.7 Å². The molecule has 0 N–H and O–H groups in total. The number of ether oxygens (including phenoxy) is 2. The predicted octanol–water partition coefficient (Wildman–Crippen LogP) is 9.11. The molecule has 2 saturated carbocycles. The number of hydrogen-bond donors (Lipinski definition) is 0. The van der Waals surface area contributed by atoms with Crippen molar-refractivity contribution in [3.8, 4) is 0 Å². The van der Waals surface area contributed by atoms with Crippen molar-refractivity contribution >= 4 is 23.5 Å². The smallest absolute Gasteiger partial charge is 0.306 e. The molecule has 3 aliphatic rings. The van der Waals surface area contributed by atoms with Crippen LogP contribution >= 0.6 is 0 Å². The molecule has 0 amide bonds. The second kappa shape index (κ2) is 14.6. The van der Waals surface area contributed by atoms with Crippen molar-refractivity contribution in [2.75, 3.05) is 0 Å². The highest BCUT2D eigenvalue weighted by atomic mass is 16.5. The monoisotopic (exact) mass is 628 g/mol. The van der Waals surface area contributed by atoms with Gasteiger partial charge < -0.3 is 9.47 Å². The van der Waals surface area contributed by atoms with Gasteiger partial charge in [-0.3, -0.25) is 19.2 Å². The molecule has 2 aromatic carbocycles. The van der Waals surface area contributed by atoms with Crippen LogP contribution in [0.25, 0.3) is 0 Å². The van der Waals surface area contributed by atoms with Gasteiger partial charge in [-0.05, 0) is 123 Å². The summed E-state index contributed by atoms with van der Waals surface area (Å²) in [5.74, 6) is -0.506. The van der Waals surface area contributed by atoms with Gasteiger partial charge >= 0.3 is 11.9 Å². The first-order valence-electron chi connectivity index (χ1n) is 17.7. The number of carbonyl (C=O) groups excluding carboxylic acids is 4. The number of benzene rings is 2. The van der Waals surface area contributed by atoms with Crippen LogP contribution in [-0.4, -0.2) is 35.7 Å². The highest BCUT2D eigenvalue weighted by Gasteiger charge is 2.33. The molecule has 2 fully saturated rings. The molecule has 0 aromatic heterocycles. The second-order valence-corrected chi connectivity index (χ2v) is 15.2. The topological polar surface area (TPSA) is 86.7 Å². The van der Waals surface area contributed by atoms with Crippen LogP contribution in [0, 0.1) is 0 Å². The SMILES string of the molecule is CC(C)(CCCC(=O)OC1CCCCC1)c1ccc2c(c1)C(=O)c1cc(C(C)(C)CCCC(=O)OC3CCCCC3)ccc1C2=O. The summed E-state index contributed by atoms with van der Waals surface area (Å²) >= 11 is 0. The van der Waals surface area contributed by atoms with E-state index in [4.69, 9.17) is 9.47 Å². The fourth-order valence-corrected chi connectivity index (χ4v) is 7.49. The molecule has 0 saturated heterocycles. The molecule has 0 spiro atoms. The summed E-state index contributed by atoms with van der Waals surface area (Å²) in [7, 11) is 0. The van der Waals surface area contributed by atoms with E-state index in [-0.39, 0.29) is 46.5 Å². The number of esters is 2. The van der Waals surface area contributed by atoms with Gasteiger partial charge in [0.05, 0.1) is 0 Å². The molecule has 2 aromatic rings. The molecule has 6 nitrogen and oxygen atoms in total. The van der Waals surface area contributed by atoms with Gasteiger partial charge in [-0.25, -0.2) is 0 Å². The van der Waals surface area contributed by atoms with Gasteiger partial charge in [0.15, 0.2) is 11.6 Å². The summed E-state index contributed by atoms with van der Waals surface area (Å²) in [5.41, 5.74) is 3.16. The highest BCUT2D eigenvalue weighted by Crippen LogP contribution is 2.37. The Morgan fingerprint density at radius 2 is 0.957 bits per heavy atom. The van der Waals surface area contributed by atoms with Crippen LogP contribution < -0.4 is 0 Å². The number of fused-ring (bicyclic) bond motifs is 2. The number of carbonyl (C=O) groups is 4. The molecular weight excluding hydrogens is 576 g/mol. The van der Waals surface area contributed by atoms with Gasteiger partial charge in [0.1, 0.15) is 12.2 Å².